The van der Waals surface area contributed by atoms with Gasteiger partial charge in [-0.1, -0.05) is 6.07 Å². The molecular formula is C14H19NO4S. The first-order valence-corrected chi connectivity index (χ1v) is 7.48. The van der Waals surface area contributed by atoms with Gasteiger partial charge in [0.1, 0.15) is 5.75 Å². The molecular weight excluding hydrogens is 278 g/mol. The summed E-state index contributed by atoms with van der Waals surface area (Å²) < 4.78 is 10.4. The largest absolute Gasteiger partial charge is 0.497 e. The van der Waals surface area contributed by atoms with Crippen LogP contribution in [0.15, 0.2) is 29.2 Å². The minimum Gasteiger partial charge on any atom is -0.497 e. The Labute approximate surface area is 122 Å². The number of benzene rings is 1. The smallest absolute Gasteiger partial charge is 0.233 e. The number of aliphatic hydroxyl groups excluding tert-OH is 1. The second-order valence-electron chi connectivity index (χ2n) is 4.54. The Morgan fingerprint density at radius 3 is 3.25 bits per heavy atom. The molecule has 110 valence electrons. The molecule has 1 heterocycles. The molecule has 20 heavy (non-hydrogen) atoms. The molecule has 1 amide bonds. The molecule has 6 heteroatoms. The van der Waals surface area contributed by atoms with Gasteiger partial charge in [-0.15, -0.1) is 11.8 Å². The van der Waals surface area contributed by atoms with E-state index in [9.17, 15) is 9.90 Å². The van der Waals surface area contributed by atoms with E-state index >= 15 is 0 Å². The lowest BCUT2D eigenvalue weighted by Gasteiger charge is -2.21. The second-order valence-corrected chi connectivity index (χ2v) is 5.58. The first-order valence-electron chi connectivity index (χ1n) is 6.49. The molecule has 0 bridgehead atoms. The van der Waals surface area contributed by atoms with Crippen molar-refractivity contribution in [2.75, 3.05) is 39.2 Å². The Morgan fingerprint density at radius 1 is 1.60 bits per heavy atom. The fraction of sp³-hybridized carbons (Fsp3) is 0.500. The third kappa shape index (κ3) is 4.40. The normalized spacial score (nSPS) is 19.5. The maximum absolute atomic E-state index is 12.1. The first kappa shape index (κ1) is 15.2. The summed E-state index contributed by atoms with van der Waals surface area (Å²) in [6.07, 6.45) is -0.594. The van der Waals surface area contributed by atoms with Crippen LogP contribution in [0.1, 0.15) is 0 Å². The maximum Gasteiger partial charge on any atom is 0.233 e. The summed E-state index contributed by atoms with van der Waals surface area (Å²) in [7, 11) is 1.62. The van der Waals surface area contributed by atoms with Gasteiger partial charge in [-0.2, -0.15) is 0 Å². The molecule has 1 aliphatic heterocycles. The van der Waals surface area contributed by atoms with E-state index in [1.165, 1.54) is 11.8 Å². The van der Waals surface area contributed by atoms with Crippen LogP contribution in [0.2, 0.25) is 0 Å². The predicted molar refractivity (Wildman–Crippen MR) is 77.1 cm³/mol. The van der Waals surface area contributed by atoms with Crippen molar-refractivity contribution in [2.45, 2.75) is 11.0 Å². The van der Waals surface area contributed by atoms with Gasteiger partial charge in [0.2, 0.25) is 5.91 Å². The van der Waals surface area contributed by atoms with E-state index < -0.39 is 6.10 Å². The highest BCUT2D eigenvalue weighted by Gasteiger charge is 2.20. The number of carbonyl (C=O) groups is 1. The van der Waals surface area contributed by atoms with Gasteiger partial charge in [-0.3, -0.25) is 4.79 Å². The zero-order valence-electron chi connectivity index (χ0n) is 11.4. The van der Waals surface area contributed by atoms with Crippen molar-refractivity contribution in [3.8, 4) is 5.75 Å². The van der Waals surface area contributed by atoms with E-state index in [1.807, 2.05) is 24.3 Å². The molecule has 2 rings (SSSR count). The highest BCUT2D eigenvalue weighted by atomic mass is 32.2. The summed E-state index contributed by atoms with van der Waals surface area (Å²) in [4.78, 5) is 14.8. The Bertz CT molecular complexity index is 455. The quantitative estimate of drug-likeness (QED) is 0.841. The number of rotatable bonds is 4. The van der Waals surface area contributed by atoms with Gasteiger partial charge >= 0.3 is 0 Å². The number of amides is 1. The fourth-order valence-electron chi connectivity index (χ4n) is 1.95. The summed E-state index contributed by atoms with van der Waals surface area (Å²) in [5.41, 5.74) is 0. The van der Waals surface area contributed by atoms with Crippen LogP contribution < -0.4 is 4.74 Å². The topological polar surface area (TPSA) is 59.0 Å². The molecule has 0 aliphatic carbocycles. The van der Waals surface area contributed by atoms with Crippen molar-refractivity contribution in [3.05, 3.63) is 24.3 Å². The predicted octanol–water partition coefficient (Wildman–Crippen LogP) is 1.01. The number of methoxy groups -OCH3 is 1. The number of thioether (sulfide) groups is 1. The van der Waals surface area contributed by atoms with Gasteiger partial charge in [0.15, 0.2) is 0 Å². The number of hydrogen-bond acceptors (Lipinski definition) is 5. The van der Waals surface area contributed by atoms with E-state index in [-0.39, 0.29) is 5.91 Å². The first-order chi connectivity index (χ1) is 9.69. The third-order valence-electron chi connectivity index (χ3n) is 3.00. The average Bonchev–Trinajstić information content (AvgIpc) is 2.69. The number of hydrogen-bond donors (Lipinski definition) is 1. The third-order valence-corrected chi connectivity index (χ3v) is 3.98. The Kier molecular flexibility index (Phi) is 5.70. The van der Waals surface area contributed by atoms with Gasteiger partial charge in [0.05, 0.1) is 32.2 Å². The molecule has 1 aromatic carbocycles. The summed E-state index contributed by atoms with van der Waals surface area (Å²) in [5, 5.41) is 9.62. The fourth-order valence-corrected chi connectivity index (χ4v) is 2.79. The second kappa shape index (κ2) is 7.52. The molecule has 0 spiro atoms. The van der Waals surface area contributed by atoms with Crippen molar-refractivity contribution < 1.29 is 19.4 Å². The van der Waals surface area contributed by atoms with Gasteiger partial charge in [-0.25, -0.2) is 0 Å². The van der Waals surface area contributed by atoms with Crippen molar-refractivity contribution in [1.29, 1.82) is 0 Å². The molecule has 1 N–H and O–H groups in total. The minimum absolute atomic E-state index is 0.0161. The molecule has 1 aliphatic rings. The van der Waals surface area contributed by atoms with Gasteiger partial charge in [0.25, 0.3) is 0 Å². The van der Waals surface area contributed by atoms with Gasteiger partial charge in [0, 0.05) is 18.0 Å². The molecule has 0 unspecified atom stereocenters. The minimum atomic E-state index is -0.594. The van der Waals surface area contributed by atoms with Crippen molar-refractivity contribution >= 4 is 17.7 Å². The molecule has 1 aromatic rings. The van der Waals surface area contributed by atoms with E-state index in [0.717, 1.165) is 10.6 Å². The number of aliphatic hydroxyl groups is 1. The molecule has 0 radical (unpaired) electrons. The van der Waals surface area contributed by atoms with E-state index in [1.54, 1.807) is 12.0 Å². The maximum atomic E-state index is 12.1. The number of β-amino-alcohol motifs (C(OH)–C–C–N with tert-alkyl or cyclic N) is 1. The Balaban J connectivity index is 1.87. The summed E-state index contributed by atoms with van der Waals surface area (Å²) in [5.74, 6) is 1.14. The molecule has 5 nitrogen and oxygen atoms in total. The van der Waals surface area contributed by atoms with E-state index in [2.05, 4.69) is 0 Å². The summed E-state index contributed by atoms with van der Waals surface area (Å²) in [6.45, 7) is 1.66. The van der Waals surface area contributed by atoms with Crippen LogP contribution in [-0.2, 0) is 9.53 Å². The van der Waals surface area contributed by atoms with Gasteiger partial charge in [-0.05, 0) is 18.2 Å². The Morgan fingerprint density at radius 2 is 2.45 bits per heavy atom. The van der Waals surface area contributed by atoms with Crippen molar-refractivity contribution in [2.24, 2.45) is 0 Å². The van der Waals surface area contributed by atoms with Crippen LogP contribution in [0.5, 0.6) is 5.75 Å². The van der Waals surface area contributed by atoms with E-state index in [0.29, 0.717) is 32.1 Å². The van der Waals surface area contributed by atoms with Crippen molar-refractivity contribution in [1.82, 2.24) is 4.90 Å². The zero-order chi connectivity index (χ0) is 14.4. The number of ether oxygens (including phenoxy) is 2. The standard InChI is InChI=1S/C14H19NO4S/c1-18-12-3-2-4-13(7-12)20-10-14(17)15-5-6-19-9-11(16)8-15/h2-4,7,11,16H,5-6,8-10H2,1H3/t11-/m0/s1. The molecule has 1 fully saturated rings. The highest BCUT2D eigenvalue weighted by molar-refractivity contribution is 8.00. The van der Waals surface area contributed by atoms with Crippen LogP contribution in [0.3, 0.4) is 0 Å². The number of nitrogens with zero attached hydrogens (tertiary/aromatic N) is 1. The molecule has 0 saturated carbocycles. The van der Waals surface area contributed by atoms with Crippen molar-refractivity contribution in [3.63, 3.8) is 0 Å². The van der Waals surface area contributed by atoms with Gasteiger partial charge < -0.3 is 19.5 Å². The van der Waals surface area contributed by atoms with E-state index in [4.69, 9.17) is 9.47 Å². The van der Waals surface area contributed by atoms with Crippen LogP contribution in [0.25, 0.3) is 0 Å². The molecule has 1 saturated heterocycles. The highest BCUT2D eigenvalue weighted by Crippen LogP contribution is 2.23. The van der Waals surface area contributed by atoms with Crippen LogP contribution in [0.4, 0.5) is 0 Å². The molecule has 0 aromatic heterocycles. The monoisotopic (exact) mass is 297 g/mol. The Hall–Kier alpha value is -1.24. The SMILES string of the molecule is COc1cccc(SCC(=O)N2CCOC[C@@H](O)C2)c1. The number of carbonyl (C=O) groups excluding carboxylic acids is 1. The summed E-state index contributed by atoms with van der Waals surface area (Å²) in [6, 6.07) is 7.61. The summed E-state index contributed by atoms with van der Waals surface area (Å²) >= 11 is 1.47. The van der Waals surface area contributed by atoms with Crippen LogP contribution >= 0.6 is 11.8 Å². The van der Waals surface area contributed by atoms with Crippen LogP contribution in [0, 0.1) is 0 Å². The lowest BCUT2D eigenvalue weighted by Crippen LogP contribution is -2.38. The lowest BCUT2D eigenvalue weighted by atomic mass is 10.3. The lowest BCUT2D eigenvalue weighted by molar-refractivity contribution is -0.129. The zero-order valence-corrected chi connectivity index (χ0v) is 12.3. The molecule has 1 atom stereocenters. The average molecular weight is 297 g/mol. The van der Waals surface area contributed by atoms with Crippen LogP contribution in [-0.4, -0.2) is 61.2 Å².